The average molecular weight is 245 g/mol. The van der Waals surface area contributed by atoms with Crippen LogP contribution in [0.25, 0.3) is 0 Å². The molecular formula is C8H11N3O2S2. The second-order valence-corrected chi connectivity index (χ2v) is 5.54. The molecule has 0 aromatic carbocycles. The molecule has 1 unspecified atom stereocenters. The Kier molecular flexibility index (Phi) is 3.11. The average Bonchev–Trinajstić information content (AvgIpc) is 2.65. The molecule has 0 aliphatic carbocycles. The highest BCUT2D eigenvalue weighted by Gasteiger charge is 2.30. The van der Waals surface area contributed by atoms with Crippen molar-refractivity contribution in [2.24, 2.45) is 0 Å². The molecule has 2 rings (SSSR count). The number of aromatic nitrogens is 2. The summed E-state index contributed by atoms with van der Waals surface area (Å²) >= 11 is 3.12. The summed E-state index contributed by atoms with van der Waals surface area (Å²) in [7, 11) is 0. The second-order valence-electron chi connectivity index (χ2n) is 3.23. The predicted molar refractivity (Wildman–Crippen MR) is 60.7 cm³/mol. The van der Waals surface area contributed by atoms with E-state index in [0.717, 1.165) is 22.4 Å². The number of carbonyl (C=O) groups is 1. The van der Waals surface area contributed by atoms with Crippen LogP contribution in [0.2, 0.25) is 0 Å². The van der Waals surface area contributed by atoms with Gasteiger partial charge in [-0.25, -0.2) is 4.79 Å². The standard InChI is InChI=1S/C8H11N3O2S2/c1-5-9-10-8(15-5)11-2-3-14-4-6(11)7(12)13/h6H,2-4H2,1H3,(H,12,13). The van der Waals surface area contributed by atoms with Crippen molar-refractivity contribution >= 4 is 34.2 Å². The smallest absolute Gasteiger partial charge is 0.327 e. The zero-order valence-corrected chi connectivity index (χ0v) is 9.85. The molecule has 0 radical (unpaired) electrons. The molecule has 2 heterocycles. The van der Waals surface area contributed by atoms with Crippen LogP contribution in [0.1, 0.15) is 5.01 Å². The summed E-state index contributed by atoms with van der Waals surface area (Å²) in [5.41, 5.74) is 0. The first-order valence-electron chi connectivity index (χ1n) is 4.56. The Morgan fingerprint density at radius 3 is 3.00 bits per heavy atom. The van der Waals surface area contributed by atoms with E-state index in [9.17, 15) is 4.79 Å². The Morgan fingerprint density at radius 1 is 1.60 bits per heavy atom. The second kappa shape index (κ2) is 4.36. The highest BCUT2D eigenvalue weighted by atomic mass is 32.2. The Balaban J connectivity index is 2.21. The lowest BCUT2D eigenvalue weighted by Crippen LogP contribution is -2.47. The fourth-order valence-corrected chi connectivity index (χ4v) is 3.24. The minimum absolute atomic E-state index is 0.462. The molecule has 5 nitrogen and oxygen atoms in total. The van der Waals surface area contributed by atoms with Crippen LogP contribution in [0.4, 0.5) is 5.13 Å². The molecule has 82 valence electrons. The van der Waals surface area contributed by atoms with Gasteiger partial charge < -0.3 is 10.0 Å². The van der Waals surface area contributed by atoms with E-state index in [-0.39, 0.29) is 0 Å². The minimum atomic E-state index is -0.782. The molecule has 1 N–H and O–H groups in total. The van der Waals surface area contributed by atoms with Crippen molar-refractivity contribution in [2.75, 3.05) is 23.0 Å². The molecule has 0 amide bonds. The number of hydrogen-bond donors (Lipinski definition) is 1. The van der Waals surface area contributed by atoms with Crippen LogP contribution in [-0.2, 0) is 4.79 Å². The van der Waals surface area contributed by atoms with Crippen LogP contribution in [-0.4, -0.2) is 45.4 Å². The molecule has 15 heavy (non-hydrogen) atoms. The first kappa shape index (κ1) is 10.7. The summed E-state index contributed by atoms with van der Waals surface area (Å²) in [6, 6.07) is -0.462. The van der Waals surface area contributed by atoms with Gasteiger partial charge in [0.15, 0.2) is 0 Å². The zero-order chi connectivity index (χ0) is 10.8. The first-order valence-corrected chi connectivity index (χ1v) is 6.53. The summed E-state index contributed by atoms with van der Waals surface area (Å²) in [6.07, 6.45) is 0. The van der Waals surface area contributed by atoms with Gasteiger partial charge in [0.1, 0.15) is 11.0 Å². The van der Waals surface area contributed by atoms with Crippen molar-refractivity contribution in [2.45, 2.75) is 13.0 Å². The van der Waals surface area contributed by atoms with Gasteiger partial charge in [-0.2, -0.15) is 11.8 Å². The van der Waals surface area contributed by atoms with Gasteiger partial charge in [0.05, 0.1) is 0 Å². The van der Waals surface area contributed by atoms with Crippen LogP contribution in [0.3, 0.4) is 0 Å². The SMILES string of the molecule is Cc1nnc(N2CCSCC2C(=O)O)s1. The maximum absolute atomic E-state index is 11.0. The molecule has 1 saturated heterocycles. The Bertz CT molecular complexity index is 369. The van der Waals surface area contributed by atoms with Gasteiger partial charge in [0, 0.05) is 18.1 Å². The van der Waals surface area contributed by atoms with E-state index >= 15 is 0 Å². The maximum Gasteiger partial charge on any atom is 0.327 e. The molecular weight excluding hydrogens is 234 g/mol. The number of aliphatic carboxylic acids is 1. The fourth-order valence-electron chi connectivity index (χ4n) is 1.44. The summed E-state index contributed by atoms with van der Waals surface area (Å²) in [4.78, 5) is 12.9. The Labute approximate surface area is 95.5 Å². The van der Waals surface area contributed by atoms with Gasteiger partial charge in [-0.05, 0) is 6.92 Å². The van der Waals surface area contributed by atoms with Gasteiger partial charge in [0.2, 0.25) is 5.13 Å². The van der Waals surface area contributed by atoms with E-state index in [1.165, 1.54) is 11.3 Å². The summed E-state index contributed by atoms with van der Waals surface area (Å²) in [5.74, 6) is 0.783. The number of hydrogen-bond acceptors (Lipinski definition) is 6. The van der Waals surface area contributed by atoms with Crippen molar-refractivity contribution < 1.29 is 9.90 Å². The zero-order valence-electron chi connectivity index (χ0n) is 8.21. The number of carboxylic acid groups (broad SMARTS) is 1. The number of anilines is 1. The van der Waals surface area contributed by atoms with Crippen molar-refractivity contribution in [3.05, 3.63) is 5.01 Å². The molecule has 0 spiro atoms. The van der Waals surface area contributed by atoms with Gasteiger partial charge in [0.25, 0.3) is 0 Å². The van der Waals surface area contributed by atoms with E-state index in [2.05, 4.69) is 10.2 Å². The number of nitrogens with zero attached hydrogens (tertiary/aromatic N) is 3. The molecule has 0 saturated carbocycles. The molecule has 1 aliphatic rings. The third-order valence-electron chi connectivity index (χ3n) is 2.17. The normalized spacial score (nSPS) is 21.7. The van der Waals surface area contributed by atoms with Gasteiger partial charge in [-0.3, -0.25) is 0 Å². The van der Waals surface area contributed by atoms with Crippen molar-refractivity contribution in [1.29, 1.82) is 0 Å². The third kappa shape index (κ3) is 2.23. The van der Waals surface area contributed by atoms with Crippen LogP contribution >= 0.6 is 23.1 Å². The summed E-state index contributed by atoms with van der Waals surface area (Å²) in [6.45, 7) is 2.60. The maximum atomic E-state index is 11.0. The first-order chi connectivity index (χ1) is 7.18. The lowest BCUT2D eigenvalue weighted by molar-refractivity contribution is -0.138. The summed E-state index contributed by atoms with van der Waals surface area (Å²) < 4.78 is 0. The molecule has 1 aliphatic heterocycles. The lowest BCUT2D eigenvalue weighted by atomic mass is 10.3. The lowest BCUT2D eigenvalue weighted by Gasteiger charge is -2.31. The molecule has 7 heteroatoms. The molecule has 1 aromatic rings. The van der Waals surface area contributed by atoms with E-state index < -0.39 is 12.0 Å². The van der Waals surface area contributed by atoms with Gasteiger partial charge >= 0.3 is 5.97 Å². The van der Waals surface area contributed by atoms with Crippen molar-refractivity contribution in [1.82, 2.24) is 10.2 Å². The van der Waals surface area contributed by atoms with Crippen molar-refractivity contribution in [3.63, 3.8) is 0 Å². The number of carboxylic acids is 1. The largest absolute Gasteiger partial charge is 0.480 e. The monoisotopic (exact) mass is 245 g/mol. The van der Waals surface area contributed by atoms with E-state index in [4.69, 9.17) is 5.11 Å². The number of thioether (sulfide) groups is 1. The van der Waals surface area contributed by atoms with Crippen molar-refractivity contribution in [3.8, 4) is 0 Å². The van der Waals surface area contributed by atoms with E-state index in [1.807, 2.05) is 11.8 Å². The van der Waals surface area contributed by atoms with Crippen LogP contribution in [0.15, 0.2) is 0 Å². The molecule has 1 atom stereocenters. The molecule has 0 bridgehead atoms. The number of aryl methyl sites for hydroxylation is 1. The van der Waals surface area contributed by atoms with Crippen LogP contribution in [0, 0.1) is 6.92 Å². The predicted octanol–water partition coefficient (Wildman–Crippen LogP) is 0.853. The van der Waals surface area contributed by atoms with E-state index in [1.54, 1.807) is 11.8 Å². The minimum Gasteiger partial charge on any atom is -0.480 e. The fraction of sp³-hybridized carbons (Fsp3) is 0.625. The summed E-state index contributed by atoms with van der Waals surface area (Å²) in [5, 5.41) is 18.6. The molecule has 1 aromatic heterocycles. The number of rotatable bonds is 2. The third-order valence-corrected chi connectivity index (χ3v) is 4.07. The van der Waals surface area contributed by atoms with Crippen LogP contribution in [0.5, 0.6) is 0 Å². The van der Waals surface area contributed by atoms with E-state index in [0.29, 0.717) is 5.75 Å². The Hall–Kier alpha value is -0.820. The van der Waals surface area contributed by atoms with Gasteiger partial charge in [-0.15, -0.1) is 10.2 Å². The van der Waals surface area contributed by atoms with Gasteiger partial charge in [-0.1, -0.05) is 11.3 Å². The molecule has 1 fully saturated rings. The van der Waals surface area contributed by atoms with Crippen LogP contribution < -0.4 is 4.90 Å². The highest BCUT2D eigenvalue weighted by molar-refractivity contribution is 7.99. The Morgan fingerprint density at radius 2 is 2.40 bits per heavy atom. The topological polar surface area (TPSA) is 66.3 Å². The highest BCUT2D eigenvalue weighted by Crippen LogP contribution is 2.26. The quantitative estimate of drug-likeness (QED) is 0.833.